The van der Waals surface area contributed by atoms with Crippen LogP contribution in [0.5, 0.6) is 0 Å². The predicted octanol–water partition coefficient (Wildman–Crippen LogP) is 3.99. The maximum Gasteiger partial charge on any atom is 0.239 e. The third-order valence-corrected chi connectivity index (χ3v) is 6.14. The van der Waals surface area contributed by atoms with E-state index in [1.807, 2.05) is 18.2 Å². The number of hydrogen-bond donors (Lipinski definition) is 1. The van der Waals surface area contributed by atoms with E-state index >= 15 is 0 Å². The van der Waals surface area contributed by atoms with Gasteiger partial charge in [-0.2, -0.15) is 0 Å². The third-order valence-electron chi connectivity index (χ3n) is 4.89. The van der Waals surface area contributed by atoms with Gasteiger partial charge in [0.15, 0.2) is 0 Å². The number of β-lactam (4-membered cyclic amide) rings is 1. The molecule has 1 N–H and O–H groups in total. The number of rotatable bonds is 12. The van der Waals surface area contributed by atoms with Crippen molar-refractivity contribution >= 4 is 23.6 Å². The number of thioether (sulfide) groups is 1. The maximum absolute atomic E-state index is 12.1. The van der Waals surface area contributed by atoms with Crippen LogP contribution in [-0.2, 0) is 21.8 Å². The largest absolute Gasteiger partial charge is 0.468 e. The number of hydrogen-bond acceptors (Lipinski definition) is 4. The molecule has 150 valence electrons. The lowest BCUT2D eigenvalue weighted by Gasteiger charge is -2.39. The molecule has 2 heterocycles. The van der Waals surface area contributed by atoms with E-state index in [0.717, 1.165) is 25.0 Å². The monoisotopic (exact) mass is 400 g/mol. The van der Waals surface area contributed by atoms with Gasteiger partial charge in [0.25, 0.3) is 0 Å². The Kier molecular flexibility index (Phi) is 8.03. The number of amides is 2. The molecule has 0 aliphatic carbocycles. The molecule has 1 atom stereocenters. The smallest absolute Gasteiger partial charge is 0.239 e. The van der Waals surface area contributed by atoms with Gasteiger partial charge in [0.2, 0.25) is 11.8 Å². The Bertz CT molecular complexity index is 734. The summed E-state index contributed by atoms with van der Waals surface area (Å²) in [5, 5.41) is 3.01. The molecule has 1 aromatic heterocycles. The van der Waals surface area contributed by atoms with Crippen molar-refractivity contribution in [2.45, 2.75) is 49.7 Å². The second kappa shape index (κ2) is 11.0. The highest BCUT2D eigenvalue weighted by Crippen LogP contribution is 2.31. The van der Waals surface area contributed by atoms with Gasteiger partial charge >= 0.3 is 0 Å². The molecule has 1 aliphatic heterocycles. The molecular weight excluding hydrogens is 372 g/mol. The molecule has 3 rings (SSSR count). The second-order valence-electron chi connectivity index (χ2n) is 7.07. The molecule has 1 saturated heterocycles. The number of aryl methyl sites for hydroxylation is 1. The molecule has 1 fully saturated rings. The van der Waals surface area contributed by atoms with Gasteiger partial charge in [-0.05, 0) is 37.0 Å². The number of unbranched alkanes of at least 4 members (excludes halogenated alkanes) is 3. The summed E-state index contributed by atoms with van der Waals surface area (Å²) in [7, 11) is 0. The van der Waals surface area contributed by atoms with Crippen molar-refractivity contribution in [1.82, 2.24) is 10.2 Å². The van der Waals surface area contributed by atoms with Crippen LogP contribution in [0.2, 0.25) is 0 Å². The zero-order chi connectivity index (χ0) is 19.6. The molecule has 1 aliphatic rings. The molecule has 1 aromatic carbocycles. The van der Waals surface area contributed by atoms with Crippen LogP contribution in [0.25, 0.3) is 0 Å². The number of nitrogens with zero attached hydrogens (tertiary/aromatic N) is 1. The maximum atomic E-state index is 12.1. The van der Waals surface area contributed by atoms with Crippen LogP contribution >= 0.6 is 11.8 Å². The summed E-state index contributed by atoms with van der Waals surface area (Å²) in [6, 6.07) is 14.3. The second-order valence-corrected chi connectivity index (χ2v) is 8.24. The zero-order valence-corrected chi connectivity index (χ0v) is 17.0. The zero-order valence-electron chi connectivity index (χ0n) is 16.1. The van der Waals surface area contributed by atoms with Gasteiger partial charge in [-0.1, -0.05) is 43.2 Å². The number of likely N-dealkylation sites (tertiary alicyclic amines) is 1. The summed E-state index contributed by atoms with van der Waals surface area (Å²) >= 11 is 1.64. The summed E-state index contributed by atoms with van der Waals surface area (Å²) < 4.78 is 5.31. The first kappa shape index (κ1) is 20.5. The third kappa shape index (κ3) is 6.44. The highest BCUT2D eigenvalue weighted by atomic mass is 32.2. The fraction of sp³-hybridized carbons (Fsp3) is 0.455. The molecule has 1 unspecified atom stereocenters. The standard InChI is InChI=1S/C22H28N2O3S/c25-20(23-13-7-2-1-4-9-18-10-5-3-6-11-18)16-24-21(26)15-22(24)28-17-19-12-8-14-27-19/h3,5-6,8,10-12,14,22H,1-2,4,7,9,13,15-17H2,(H,23,25). The Morgan fingerprint density at radius 3 is 2.68 bits per heavy atom. The van der Waals surface area contributed by atoms with Gasteiger partial charge in [0, 0.05) is 6.54 Å². The van der Waals surface area contributed by atoms with Crippen molar-refractivity contribution in [1.29, 1.82) is 0 Å². The average molecular weight is 401 g/mol. The molecule has 6 heteroatoms. The topological polar surface area (TPSA) is 62.6 Å². The number of carbonyl (C=O) groups is 2. The Balaban J connectivity index is 1.23. The fourth-order valence-electron chi connectivity index (χ4n) is 3.23. The van der Waals surface area contributed by atoms with E-state index < -0.39 is 0 Å². The van der Waals surface area contributed by atoms with Crippen LogP contribution in [0.3, 0.4) is 0 Å². The van der Waals surface area contributed by atoms with Crippen molar-refractivity contribution in [3.05, 3.63) is 60.1 Å². The van der Waals surface area contributed by atoms with Gasteiger partial charge in [-0.3, -0.25) is 9.59 Å². The molecule has 0 bridgehead atoms. The van der Waals surface area contributed by atoms with Crippen molar-refractivity contribution < 1.29 is 14.0 Å². The van der Waals surface area contributed by atoms with Gasteiger partial charge < -0.3 is 14.6 Å². The van der Waals surface area contributed by atoms with Gasteiger partial charge in [0.1, 0.15) is 12.3 Å². The van der Waals surface area contributed by atoms with E-state index in [2.05, 4.69) is 29.6 Å². The summed E-state index contributed by atoms with van der Waals surface area (Å²) in [6.07, 6.45) is 7.69. The summed E-state index contributed by atoms with van der Waals surface area (Å²) in [6.45, 7) is 0.832. The molecule has 0 spiro atoms. The Labute approximate surface area is 170 Å². The minimum atomic E-state index is -0.0686. The van der Waals surface area contributed by atoms with E-state index in [9.17, 15) is 9.59 Å². The van der Waals surface area contributed by atoms with Crippen LogP contribution in [-0.4, -0.2) is 35.2 Å². The molecule has 0 radical (unpaired) electrons. The van der Waals surface area contributed by atoms with Crippen molar-refractivity contribution in [2.75, 3.05) is 13.1 Å². The minimum Gasteiger partial charge on any atom is -0.468 e. The molecule has 0 saturated carbocycles. The molecule has 5 nitrogen and oxygen atoms in total. The Morgan fingerprint density at radius 1 is 1.11 bits per heavy atom. The lowest BCUT2D eigenvalue weighted by Crippen LogP contribution is -2.54. The first-order chi connectivity index (χ1) is 13.7. The van der Waals surface area contributed by atoms with E-state index in [-0.39, 0.29) is 23.7 Å². The van der Waals surface area contributed by atoms with Crippen LogP contribution in [0.4, 0.5) is 0 Å². The SMILES string of the molecule is O=C(CN1C(=O)CC1SCc1ccco1)NCCCCCCc1ccccc1. The van der Waals surface area contributed by atoms with Gasteiger partial charge in [-0.25, -0.2) is 0 Å². The van der Waals surface area contributed by atoms with Crippen LogP contribution < -0.4 is 5.32 Å². The van der Waals surface area contributed by atoms with Crippen LogP contribution in [0.1, 0.15) is 43.4 Å². The van der Waals surface area contributed by atoms with E-state index in [4.69, 9.17) is 4.42 Å². The molecular formula is C22H28N2O3S. The number of benzene rings is 1. The number of furan rings is 1. The Morgan fingerprint density at radius 2 is 1.93 bits per heavy atom. The van der Waals surface area contributed by atoms with Crippen molar-refractivity contribution in [2.24, 2.45) is 0 Å². The van der Waals surface area contributed by atoms with Gasteiger partial charge in [-0.15, -0.1) is 11.8 Å². The lowest BCUT2D eigenvalue weighted by atomic mass is 10.1. The quantitative estimate of drug-likeness (QED) is 0.432. The minimum absolute atomic E-state index is 0.0491. The number of nitrogens with one attached hydrogen (secondary N) is 1. The first-order valence-corrected chi connectivity index (χ1v) is 11.0. The lowest BCUT2D eigenvalue weighted by molar-refractivity contribution is -0.145. The predicted molar refractivity (Wildman–Crippen MR) is 112 cm³/mol. The highest BCUT2D eigenvalue weighted by molar-refractivity contribution is 7.99. The summed E-state index contributed by atoms with van der Waals surface area (Å²) in [4.78, 5) is 25.6. The molecule has 28 heavy (non-hydrogen) atoms. The molecule has 2 aromatic rings. The van der Waals surface area contributed by atoms with E-state index in [1.54, 1.807) is 22.9 Å². The average Bonchev–Trinajstić information content (AvgIpc) is 3.23. The molecule has 2 amide bonds. The fourth-order valence-corrected chi connectivity index (χ4v) is 4.38. The first-order valence-electron chi connectivity index (χ1n) is 9.96. The number of carbonyl (C=O) groups excluding carboxylic acids is 2. The summed E-state index contributed by atoms with van der Waals surface area (Å²) in [5.41, 5.74) is 1.38. The van der Waals surface area contributed by atoms with Crippen molar-refractivity contribution in [3.8, 4) is 0 Å². The van der Waals surface area contributed by atoms with Crippen molar-refractivity contribution in [3.63, 3.8) is 0 Å². The van der Waals surface area contributed by atoms with E-state index in [1.165, 1.54) is 18.4 Å². The highest BCUT2D eigenvalue weighted by Gasteiger charge is 2.37. The van der Waals surface area contributed by atoms with Gasteiger partial charge in [0.05, 0.1) is 23.8 Å². The summed E-state index contributed by atoms with van der Waals surface area (Å²) in [5.74, 6) is 1.58. The van der Waals surface area contributed by atoms with Crippen LogP contribution in [0.15, 0.2) is 53.1 Å². The Hall–Kier alpha value is -2.21. The normalized spacial score (nSPS) is 16.1. The van der Waals surface area contributed by atoms with E-state index in [0.29, 0.717) is 18.7 Å². The van der Waals surface area contributed by atoms with Crippen LogP contribution in [0, 0.1) is 0 Å².